The monoisotopic (exact) mass is 261 g/mol. The second-order valence-corrected chi connectivity index (χ2v) is 4.25. The molecule has 0 N–H and O–H groups in total. The summed E-state index contributed by atoms with van der Waals surface area (Å²) in [5, 5.41) is 8.76. The first kappa shape index (κ1) is 14.9. The zero-order valence-electron chi connectivity index (χ0n) is 11.0. The number of carbonyl (C=O) groups excluding carboxylic acids is 1. The van der Waals surface area contributed by atoms with E-state index in [1.54, 1.807) is 19.1 Å². The van der Waals surface area contributed by atoms with Crippen molar-refractivity contribution in [1.29, 1.82) is 5.26 Å². The van der Waals surface area contributed by atoms with Crippen molar-refractivity contribution in [3.8, 4) is 6.07 Å². The molecule has 2 atom stereocenters. The van der Waals surface area contributed by atoms with Crippen LogP contribution in [0.15, 0.2) is 36.4 Å². The summed E-state index contributed by atoms with van der Waals surface area (Å²) in [6.45, 7) is 7.04. The van der Waals surface area contributed by atoms with Gasteiger partial charge >= 0.3 is 5.97 Å². The van der Waals surface area contributed by atoms with Crippen molar-refractivity contribution in [2.24, 2.45) is 0 Å². The molecule has 4 heteroatoms. The fourth-order valence-corrected chi connectivity index (χ4v) is 1.41. The molecule has 0 aliphatic heterocycles. The van der Waals surface area contributed by atoms with E-state index in [0.717, 1.165) is 0 Å². The highest BCUT2D eigenvalue weighted by Crippen LogP contribution is 2.26. The van der Waals surface area contributed by atoms with Gasteiger partial charge in [-0.2, -0.15) is 5.26 Å². The summed E-state index contributed by atoms with van der Waals surface area (Å²) >= 11 is 0. The Balaban J connectivity index is 2.82. The first-order valence-electron chi connectivity index (χ1n) is 6.03. The smallest absolute Gasteiger partial charge is 0.336 e. The topological polar surface area (TPSA) is 50.1 Å². The minimum atomic E-state index is -1.66. The summed E-state index contributed by atoms with van der Waals surface area (Å²) in [6, 6.07) is 7.95. The molecule has 0 aliphatic rings. The Morgan fingerprint density at radius 2 is 2.26 bits per heavy atom. The maximum atomic E-state index is 14.1. The highest BCUT2D eigenvalue weighted by atomic mass is 19.1. The largest absolute Gasteiger partial charge is 0.459 e. The number of nitrogens with zero attached hydrogens (tertiary/aromatic N) is 1. The van der Waals surface area contributed by atoms with Crippen LogP contribution in [0.3, 0.4) is 0 Å². The van der Waals surface area contributed by atoms with Crippen molar-refractivity contribution in [2.75, 3.05) is 0 Å². The summed E-state index contributed by atoms with van der Waals surface area (Å²) < 4.78 is 19.2. The normalized spacial score (nSPS) is 13.2. The predicted molar refractivity (Wildman–Crippen MR) is 70.0 cm³/mol. The number of halogens is 1. The van der Waals surface area contributed by atoms with E-state index in [2.05, 4.69) is 6.58 Å². The minimum Gasteiger partial charge on any atom is -0.459 e. The van der Waals surface area contributed by atoms with Crippen molar-refractivity contribution in [3.05, 3.63) is 47.5 Å². The Morgan fingerprint density at radius 3 is 2.84 bits per heavy atom. The number of nitriles is 1. The van der Waals surface area contributed by atoms with Crippen molar-refractivity contribution in [2.45, 2.75) is 32.5 Å². The molecule has 0 heterocycles. The molecule has 1 rings (SSSR count). The summed E-state index contributed by atoms with van der Waals surface area (Å²) in [4.78, 5) is 11.7. The third-order valence-corrected chi connectivity index (χ3v) is 2.76. The van der Waals surface area contributed by atoms with Gasteiger partial charge in [-0.25, -0.2) is 9.18 Å². The maximum Gasteiger partial charge on any atom is 0.336 e. The van der Waals surface area contributed by atoms with E-state index >= 15 is 0 Å². The van der Waals surface area contributed by atoms with Crippen LogP contribution in [0.4, 0.5) is 4.39 Å². The van der Waals surface area contributed by atoms with Crippen LogP contribution in [0.25, 0.3) is 0 Å². The Hall–Kier alpha value is -2.15. The highest BCUT2D eigenvalue weighted by molar-refractivity contribution is 5.89. The quantitative estimate of drug-likeness (QED) is 0.602. The third kappa shape index (κ3) is 3.92. The van der Waals surface area contributed by atoms with Gasteiger partial charge in [0.1, 0.15) is 0 Å². The molecule has 0 amide bonds. The molecule has 1 aromatic rings. The molecule has 0 radical (unpaired) electrons. The summed E-state index contributed by atoms with van der Waals surface area (Å²) in [5.41, 5.74) is 0.309. The van der Waals surface area contributed by atoms with E-state index in [1.165, 1.54) is 12.1 Å². The lowest BCUT2D eigenvalue weighted by molar-refractivity contribution is -0.144. The SMILES string of the molecule is C=C(C(=O)OC(C)CC)C(F)c1cccc(C#N)c1. The number of rotatable bonds is 5. The summed E-state index contributed by atoms with van der Waals surface area (Å²) in [7, 11) is 0. The van der Waals surface area contributed by atoms with Gasteiger partial charge in [0.25, 0.3) is 0 Å². The average molecular weight is 261 g/mol. The van der Waals surface area contributed by atoms with Gasteiger partial charge in [0.05, 0.1) is 23.3 Å². The van der Waals surface area contributed by atoms with E-state index in [-0.39, 0.29) is 17.2 Å². The van der Waals surface area contributed by atoms with E-state index < -0.39 is 12.1 Å². The lowest BCUT2D eigenvalue weighted by Gasteiger charge is -2.15. The molecular formula is C15H16FNO2. The molecule has 100 valence electrons. The van der Waals surface area contributed by atoms with Crippen molar-refractivity contribution >= 4 is 5.97 Å². The third-order valence-electron chi connectivity index (χ3n) is 2.76. The molecule has 0 spiro atoms. The fourth-order valence-electron chi connectivity index (χ4n) is 1.41. The van der Waals surface area contributed by atoms with Crippen LogP contribution in [-0.4, -0.2) is 12.1 Å². The van der Waals surface area contributed by atoms with Crippen LogP contribution in [0.1, 0.15) is 37.6 Å². The van der Waals surface area contributed by atoms with Crippen LogP contribution < -0.4 is 0 Å². The summed E-state index contributed by atoms with van der Waals surface area (Å²) in [6.07, 6.45) is -1.29. The summed E-state index contributed by atoms with van der Waals surface area (Å²) in [5.74, 6) is -0.746. The molecule has 2 unspecified atom stereocenters. The molecular weight excluding hydrogens is 245 g/mol. The molecule has 0 bridgehead atoms. The number of hydrogen-bond acceptors (Lipinski definition) is 3. The van der Waals surface area contributed by atoms with Crippen LogP contribution in [-0.2, 0) is 9.53 Å². The van der Waals surface area contributed by atoms with E-state index in [1.807, 2.05) is 13.0 Å². The Morgan fingerprint density at radius 1 is 1.58 bits per heavy atom. The molecule has 1 aromatic carbocycles. The van der Waals surface area contributed by atoms with Crippen molar-refractivity contribution < 1.29 is 13.9 Å². The second-order valence-electron chi connectivity index (χ2n) is 4.25. The van der Waals surface area contributed by atoms with Gasteiger partial charge in [0, 0.05) is 0 Å². The number of alkyl halides is 1. The van der Waals surface area contributed by atoms with Crippen molar-refractivity contribution in [1.82, 2.24) is 0 Å². The van der Waals surface area contributed by atoms with Crippen LogP contribution >= 0.6 is 0 Å². The first-order valence-corrected chi connectivity index (χ1v) is 6.03. The fraction of sp³-hybridized carbons (Fsp3) is 0.333. The molecule has 0 aromatic heterocycles. The van der Waals surface area contributed by atoms with Crippen LogP contribution in [0.2, 0.25) is 0 Å². The van der Waals surface area contributed by atoms with Gasteiger partial charge in [-0.3, -0.25) is 0 Å². The maximum absolute atomic E-state index is 14.1. The minimum absolute atomic E-state index is 0.227. The molecule has 0 aliphatic carbocycles. The van der Waals surface area contributed by atoms with Crippen LogP contribution in [0, 0.1) is 11.3 Å². The predicted octanol–water partition coefficient (Wildman–Crippen LogP) is 3.47. The van der Waals surface area contributed by atoms with E-state index in [9.17, 15) is 9.18 Å². The Kier molecular flexibility index (Phi) is 5.25. The van der Waals surface area contributed by atoms with Gasteiger partial charge in [-0.15, -0.1) is 0 Å². The van der Waals surface area contributed by atoms with Gasteiger partial charge in [-0.05, 0) is 31.0 Å². The van der Waals surface area contributed by atoms with Gasteiger partial charge < -0.3 is 4.74 Å². The Bertz CT molecular complexity index is 519. The number of carbonyl (C=O) groups is 1. The molecule has 19 heavy (non-hydrogen) atoms. The number of esters is 1. The van der Waals surface area contributed by atoms with Gasteiger partial charge in [-0.1, -0.05) is 25.6 Å². The molecule has 0 fully saturated rings. The molecule has 3 nitrogen and oxygen atoms in total. The number of benzene rings is 1. The number of hydrogen-bond donors (Lipinski definition) is 0. The standard InChI is InChI=1S/C15H16FNO2/c1-4-10(2)19-15(18)11(3)14(16)13-7-5-6-12(8-13)9-17/h5-8,10,14H,3-4H2,1-2H3. The number of ether oxygens (including phenoxy) is 1. The van der Waals surface area contributed by atoms with Gasteiger partial charge in [0.15, 0.2) is 6.17 Å². The second kappa shape index (κ2) is 6.69. The highest BCUT2D eigenvalue weighted by Gasteiger charge is 2.22. The molecule has 0 saturated carbocycles. The lowest BCUT2D eigenvalue weighted by atomic mass is 10.0. The van der Waals surface area contributed by atoms with Gasteiger partial charge in [0.2, 0.25) is 0 Å². The average Bonchev–Trinajstić information content (AvgIpc) is 2.45. The zero-order chi connectivity index (χ0) is 14.4. The van der Waals surface area contributed by atoms with Crippen molar-refractivity contribution in [3.63, 3.8) is 0 Å². The lowest BCUT2D eigenvalue weighted by Crippen LogP contribution is -2.17. The Labute approximate surface area is 112 Å². The zero-order valence-corrected chi connectivity index (χ0v) is 11.0. The van der Waals surface area contributed by atoms with E-state index in [4.69, 9.17) is 10.00 Å². The van der Waals surface area contributed by atoms with Crippen LogP contribution in [0.5, 0.6) is 0 Å². The first-order chi connectivity index (χ1) is 8.99. The van der Waals surface area contributed by atoms with E-state index in [0.29, 0.717) is 12.0 Å². The molecule has 0 saturated heterocycles.